The van der Waals surface area contributed by atoms with E-state index in [-0.39, 0.29) is 17.8 Å². The van der Waals surface area contributed by atoms with Crippen LogP contribution in [0.5, 0.6) is 5.75 Å². The van der Waals surface area contributed by atoms with E-state index in [1.54, 1.807) is 12.1 Å². The summed E-state index contributed by atoms with van der Waals surface area (Å²) in [5.74, 6) is 0.951. The third-order valence-corrected chi connectivity index (χ3v) is 5.59. The normalized spacial score (nSPS) is 12.1. The number of hydrogen-bond acceptors (Lipinski definition) is 2. The van der Waals surface area contributed by atoms with Crippen molar-refractivity contribution in [3.8, 4) is 5.75 Å². The first-order valence-corrected chi connectivity index (χ1v) is 11.2. The third-order valence-electron chi connectivity index (χ3n) is 5.59. The van der Waals surface area contributed by atoms with Crippen LogP contribution in [0.25, 0.3) is 0 Å². The number of hydrogen-bond donors (Lipinski definition) is 0. The van der Waals surface area contributed by atoms with Crippen molar-refractivity contribution in [3.63, 3.8) is 0 Å². The highest BCUT2D eigenvalue weighted by Gasteiger charge is 2.15. The molecular formula is C28H34FNO. The van der Waals surface area contributed by atoms with Gasteiger partial charge in [-0.2, -0.15) is 0 Å². The van der Waals surface area contributed by atoms with Gasteiger partial charge < -0.3 is 9.64 Å². The number of aryl methyl sites for hydroxylation is 1. The monoisotopic (exact) mass is 419 g/mol. The molecular weight excluding hydrogens is 385 g/mol. The van der Waals surface area contributed by atoms with E-state index in [1.165, 1.54) is 16.8 Å². The molecule has 0 heterocycles. The zero-order valence-corrected chi connectivity index (χ0v) is 19.1. The average molecular weight is 420 g/mol. The average Bonchev–Trinajstić information content (AvgIpc) is 2.75. The van der Waals surface area contributed by atoms with Crippen LogP contribution in [0.1, 0.15) is 55.7 Å². The lowest BCUT2D eigenvalue weighted by atomic mass is 9.86. The van der Waals surface area contributed by atoms with Gasteiger partial charge in [0.15, 0.2) is 0 Å². The summed E-state index contributed by atoms with van der Waals surface area (Å²) in [5, 5.41) is 0. The Morgan fingerprint density at radius 1 is 0.774 bits per heavy atom. The molecule has 0 aliphatic rings. The Balaban J connectivity index is 1.65. The number of rotatable bonds is 10. The van der Waals surface area contributed by atoms with E-state index >= 15 is 0 Å². The second-order valence-corrected chi connectivity index (χ2v) is 8.65. The predicted octanol–water partition coefficient (Wildman–Crippen LogP) is 7.22. The number of anilines is 1. The molecule has 0 saturated heterocycles. The molecule has 0 unspecified atom stereocenters. The molecule has 3 aromatic rings. The van der Waals surface area contributed by atoms with Crippen molar-refractivity contribution in [2.45, 2.75) is 51.6 Å². The molecule has 0 amide bonds. The summed E-state index contributed by atoms with van der Waals surface area (Å²) < 4.78 is 19.3. The minimum absolute atomic E-state index is 0.158. The first kappa shape index (κ1) is 22.9. The zero-order chi connectivity index (χ0) is 22.2. The van der Waals surface area contributed by atoms with Gasteiger partial charge in [0.25, 0.3) is 0 Å². The van der Waals surface area contributed by atoms with Gasteiger partial charge in [-0.15, -0.1) is 0 Å². The molecule has 2 nitrogen and oxygen atoms in total. The van der Waals surface area contributed by atoms with Gasteiger partial charge in [-0.3, -0.25) is 0 Å². The van der Waals surface area contributed by atoms with E-state index in [2.05, 4.69) is 55.4 Å². The van der Waals surface area contributed by atoms with Crippen molar-refractivity contribution in [3.05, 3.63) is 95.3 Å². The number of unbranched alkanes of at least 4 members (excludes halogenated alkanes) is 1. The van der Waals surface area contributed by atoms with E-state index < -0.39 is 0 Å². The molecule has 1 atom stereocenters. The third kappa shape index (κ3) is 6.85. The predicted molar refractivity (Wildman–Crippen MR) is 129 cm³/mol. The van der Waals surface area contributed by atoms with Crippen LogP contribution in [-0.4, -0.2) is 20.2 Å². The lowest BCUT2D eigenvalue weighted by Crippen LogP contribution is -2.08. The van der Waals surface area contributed by atoms with Crippen LogP contribution < -0.4 is 9.64 Å². The molecule has 0 aliphatic carbocycles. The Labute approximate surface area is 186 Å². The summed E-state index contributed by atoms with van der Waals surface area (Å²) in [7, 11) is 4.12. The van der Waals surface area contributed by atoms with Crippen molar-refractivity contribution in [1.29, 1.82) is 0 Å². The smallest absolute Gasteiger partial charge is 0.123 e. The Morgan fingerprint density at radius 3 is 1.90 bits per heavy atom. The van der Waals surface area contributed by atoms with Crippen molar-refractivity contribution >= 4 is 5.69 Å². The van der Waals surface area contributed by atoms with E-state index in [1.807, 2.05) is 38.1 Å². The number of nitrogens with zero attached hydrogens (tertiary/aromatic N) is 1. The van der Waals surface area contributed by atoms with Crippen LogP contribution in [0.3, 0.4) is 0 Å². The Bertz CT molecular complexity index is 915. The molecule has 3 rings (SSSR count). The maximum atomic E-state index is 13.5. The summed E-state index contributed by atoms with van der Waals surface area (Å²) in [6.07, 6.45) is 4.51. The summed E-state index contributed by atoms with van der Waals surface area (Å²) in [4.78, 5) is 2.12. The summed E-state index contributed by atoms with van der Waals surface area (Å²) in [6.45, 7) is 4.06. The first-order chi connectivity index (χ1) is 14.9. The van der Waals surface area contributed by atoms with Gasteiger partial charge in [0, 0.05) is 25.7 Å². The molecule has 0 spiro atoms. The van der Waals surface area contributed by atoms with Gasteiger partial charge in [-0.25, -0.2) is 4.39 Å². The van der Waals surface area contributed by atoms with Crippen molar-refractivity contribution in [2.75, 3.05) is 19.0 Å². The van der Waals surface area contributed by atoms with Gasteiger partial charge in [0.05, 0.1) is 6.10 Å². The highest BCUT2D eigenvalue weighted by Crippen LogP contribution is 2.31. The topological polar surface area (TPSA) is 12.5 Å². The van der Waals surface area contributed by atoms with Crippen LogP contribution >= 0.6 is 0 Å². The van der Waals surface area contributed by atoms with Crippen molar-refractivity contribution in [2.24, 2.45) is 0 Å². The van der Waals surface area contributed by atoms with Crippen molar-refractivity contribution in [1.82, 2.24) is 0 Å². The molecule has 0 bridgehead atoms. The summed E-state index contributed by atoms with van der Waals surface area (Å²) in [6, 6.07) is 24.1. The maximum Gasteiger partial charge on any atom is 0.123 e. The molecule has 3 aromatic carbocycles. The van der Waals surface area contributed by atoms with Crippen LogP contribution in [0.4, 0.5) is 10.1 Å². The van der Waals surface area contributed by atoms with Crippen LogP contribution in [0.15, 0.2) is 72.8 Å². The van der Waals surface area contributed by atoms with E-state index in [4.69, 9.17) is 4.74 Å². The largest absolute Gasteiger partial charge is 0.491 e. The van der Waals surface area contributed by atoms with E-state index in [0.29, 0.717) is 0 Å². The SMILES string of the molecule is CC(C)Oc1ccc([C@H](CCCCc2ccc(N(C)C)cc2)c2ccc(F)cc2)cc1. The zero-order valence-electron chi connectivity index (χ0n) is 19.1. The second-order valence-electron chi connectivity index (χ2n) is 8.65. The van der Waals surface area contributed by atoms with Crippen LogP contribution in [-0.2, 0) is 6.42 Å². The minimum Gasteiger partial charge on any atom is -0.491 e. The quantitative estimate of drug-likeness (QED) is 0.322. The summed E-state index contributed by atoms with van der Waals surface area (Å²) >= 11 is 0. The molecule has 0 radical (unpaired) electrons. The lowest BCUT2D eigenvalue weighted by Gasteiger charge is -2.19. The van der Waals surface area contributed by atoms with Gasteiger partial charge >= 0.3 is 0 Å². The molecule has 0 aromatic heterocycles. The summed E-state index contributed by atoms with van der Waals surface area (Å²) in [5.41, 5.74) is 5.01. The molecule has 3 heteroatoms. The fourth-order valence-corrected chi connectivity index (χ4v) is 3.91. The van der Waals surface area contributed by atoms with Gasteiger partial charge in [-0.05, 0) is 86.2 Å². The highest BCUT2D eigenvalue weighted by molar-refractivity contribution is 5.46. The number of benzene rings is 3. The molecule has 31 heavy (non-hydrogen) atoms. The Morgan fingerprint density at radius 2 is 1.35 bits per heavy atom. The van der Waals surface area contributed by atoms with Crippen LogP contribution in [0.2, 0.25) is 0 Å². The first-order valence-electron chi connectivity index (χ1n) is 11.2. The number of halogens is 1. The number of ether oxygens (including phenoxy) is 1. The standard InChI is InChI=1S/C28H34FNO/c1-21(2)31-27-19-13-24(14-20-27)28(23-11-15-25(29)16-12-23)8-6-5-7-22-9-17-26(18-10-22)30(3)4/h9-21,28H,5-8H2,1-4H3/t28-/m1/s1. The fourth-order valence-electron chi connectivity index (χ4n) is 3.91. The van der Waals surface area contributed by atoms with Crippen LogP contribution in [0, 0.1) is 5.82 Å². The molecule has 0 aliphatic heterocycles. The van der Waals surface area contributed by atoms with Gasteiger partial charge in [0.1, 0.15) is 11.6 Å². The van der Waals surface area contributed by atoms with Gasteiger partial charge in [0.2, 0.25) is 0 Å². The lowest BCUT2D eigenvalue weighted by molar-refractivity contribution is 0.242. The molecule has 0 fully saturated rings. The minimum atomic E-state index is -0.190. The molecule has 0 N–H and O–H groups in total. The molecule has 0 saturated carbocycles. The van der Waals surface area contributed by atoms with Gasteiger partial charge in [-0.1, -0.05) is 42.8 Å². The van der Waals surface area contributed by atoms with E-state index in [9.17, 15) is 4.39 Å². The molecule has 164 valence electrons. The second kappa shape index (κ2) is 11.0. The highest BCUT2D eigenvalue weighted by atomic mass is 19.1. The fraction of sp³-hybridized carbons (Fsp3) is 0.357. The maximum absolute atomic E-state index is 13.5. The Hall–Kier alpha value is -2.81. The Kier molecular flexibility index (Phi) is 8.11. The van der Waals surface area contributed by atoms with Crippen molar-refractivity contribution < 1.29 is 9.13 Å². The van der Waals surface area contributed by atoms with E-state index in [0.717, 1.165) is 37.0 Å².